The van der Waals surface area contributed by atoms with Crippen molar-refractivity contribution in [2.24, 2.45) is 5.73 Å². The van der Waals surface area contributed by atoms with Gasteiger partial charge in [-0.3, -0.25) is 9.80 Å². The first-order valence-corrected chi connectivity index (χ1v) is 11.9. The molecule has 0 aliphatic carbocycles. The smallest absolute Gasteiger partial charge is 0.252 e. The van der Waals surface area contributed by atoms with E-state index in [-0.39, 0.29) is 24.3 Å². The van der Waals surface area contributed by atoms with Gasteiger partial charge in [-0.25, -0.2) is 14.8 Å². The molecule has 0 radical (unpaired) electrons. The highest BCUT2D eigenvalue weighted by Crippen LogP contribution is 2.32. The van der Waals surface area contributed by atoms with Crippen LogP contribution in [0.15, 0.2) is 54.6 Å². The van der Waals surface area contributed by atoms with Gasteiger partial charge in [0.2, 0.25) is 0 Å². The predicted octanol–water partition coefficient (Wildman–Crippen LogP) is 3.44. The molecule has 4 N–H and O–H groups in total. The molecule has 1 aliphatic heterocycles. The number of carbonyl (C=O) groups excluding carboxylic acids is 1. The van der Waals surface area contributed by atoms with E-state index in [1.54, 1.807) is 12.1 Å². The number of hydrogen-bond donors (Lipinski definition) is 3. The van der Waals surface area contributed by atoms with Crippen molar-refractivity contribution in [3.63, 3.8) is 0 Å². The van der Waals surface area contributed by atoms with E-state index in [2.05, 4.69) is 41.6 Å². The molecule has 7 nitrogen and oxygen atoms in total. The average Bonchev–Trinajstić information content (AvgIpc) is 3.27. The van der Waals surface area contributed by atoms with Crippen LogP contribution in [-0.4, -0.2) is 42.0 Å². The number of nitrogens with one attached hydrogen (secondary N) is 2. The number of carbonyl (C=O) groups is 1. The van der Waals surface area contributed by atoms with Gasteiger partial charge in [-0.1, -0.05) is 30.3 Å². The first-order chi connectivity index (χ1) is 16.9. The molecule has 0 spiro atoms. The van der Waals surface area contributed by atoms with Crippen LogP contribution < -0.4 is 21.5 Å². The van der Waals surface area contributed by atoms with E-state index in [0.29, 0.717) is 24.2 Å². The van der Waals surface area contributed by atoms with Gasteiger partial charge in [0.25, 0.3) is 5.91 Å². The third kappa shape index (κ3) is 5.85. The quantitative estimate of drug-likeness (QED) is 0.439. The number of hydrogen-bond acceptors (Lipinski definition) is 6. The van der Waals surface area contributed by atoms with Gasteiger partial charge in [-0.2, -0.15) is 0 Å². The number of anilines is 1. The molecule has 0 atom stereocenters. The lowest BCUT2D eigenvalue weighted by molar-refractivity contribution is 0.0950. The highest BCUT2D eigenvalue weighted by atomic mass is 19.1. The average molecular weight is 477 g/mol. The minimum Gasteiger partial charge on any atom is -0.348 e. The molecule has 0 saturated carbocycles. The van der Waals surface area contributed by atoms with Gasteiger partial charge in [0.1, 0.15) is 11.6 Å². The highest BCUT2D eigenvalue weighted by molar-refractivity contribution is 5.98. The molecule has 35 heavy (non-hydrogen) atoms. The van der Waals surface area contributed by atoms with E-state index in [4.69, 9.17) is 10.7 Å². The number of likely N-dealkylation sites (N-methyl/N-ethyl adjacent to an activating group) is 1. The summed E-state index contributed by atoms with van der Waals surface area (Å²) in [6.45, 7) is 7.11. The maximum absolute atomic E-state index is 13.6. The summed E-state index contributed by atoms with van der Waals surface area (Å²) in [4.78, 5) is 20.4. The summed E-state index contributed by atoms with van der Waals surface area (Å²) in [6.07, 6.45) is 0. The Labute approximate surface area is 206 Å². The normalized spacial score (nSPS) is 12.9. The molecule has 0 unspecified atom stereocenters. The Morgan fingerprint density at radius 1 is 1.20 bits per heavy atom. The standard InChI is InChI=1S/C27H33FN6O/c1-18(2)34-26-24(16-31-34)23(27(35)30-15-19-6-5-9-22(28)13-19)14-25(32-26)21-8-4-7-20(12-21)17-33(3)11-10-29/h4-9,12-14,18,31H,10-11,15-17,29H2,1-3H3,(H,30,35). The van der Waals surface area contributed by atoms with E-state index in [9.17, 15) is 9.18 Å². The van der Waals surface area contributed by atoms with Crippen molar-refractivity contribution in [2.75, 3.05) is 25.1 Å². The lowest BCUT2D eigenvalue weighted by atomic mass is 10.0. The minimum atomic E-state index is -0.322. The van der Waals surface area contributed by atoms with Gasteiger partial charge < -0.3 is 16.0 Å². The minimum absolute atomic E-state index is 0.165. The van der Waals surface area contributed by atoms with Crippen molar-refractivity contribution < 1.29 is 9.18 Å². The molecule has 2 heterocycles. The Morgan fingerprint density at radius 2 is 1.97 bits per heavy atom. The molecule has 0 fully saturated rings. The van der Waals surface area contributed by atoms with Crippen LogP contribution in [0, 0.1) is 5.82 Å². The van der Waals surface area contributed by atoms with Crippen molar-refractivity contribution >= 4 is 11.7 Å². The second kappa shape index (κ2) is 10.9. The highest BCUT2D eigenvalue weighted by Gasteiger charge is 2.28. The van der Waals surface area contributed by atoms with Crippen LogP contribution in [0.5, 0.6) is 0 Å². The number of rotatable bonds is 9. The second-order valence-corrected chi connectivity index (χ2v) is 9.20. The van der Waals surface area contributed by atoms with Crippen LogP contribution in [0.2, 0.25) is 0 Å². The summed E-state index contributed by atoms with van der Waals surface area (Å²) in [6, 6.07) is 16.5. The fourth-order valence-electron chi connectivity index (χ4n) is 4.31. The fraction of sp³-hybridized carbons (Fsp3) is 0.333. The molecule has 1 aromatic heterocycles. The van der Waals surface area contributed by atoms with Gasteiger partial charge in [0.05, 0.1) is 5.69 Å². The van der Waals surface area contributed by atoms with E-state index >= 15 is 0 Å². The summed E-state index contributed by atoms with van der Waals surface area (Å²) in [7, 11) is 2.04. The van der Waals surface area contributed by atoms with E-state index in [1.165, 1.54) is 12.1 Å². The number of fused-ring (bicyclic) bond motifs is 1. The number of aromatic nitrogens is 1. The third-order valence-corrected chi connectivity index (χ3v) is 6.05. The van der Waals surface area contributed by atoms with Crippen molar-refractivity contribution in [3.05, 3.63) is 82.7 Å². The summed E-state index contributed by atoms with van der Waals surface area (Å²) in [5.74, 6) is 0.233. The number of nitrogens with zero attached hydrogens (tertiary/aromatic N) is 3. The monoisotopic (exact) mass is 476 g/mol. The van der Waals surface area contributed by atoms with Crippen LogP contribution >= 0.6 is 0 Å². The lowest BCUT2D eigenvalue weighted by Crippen LogP contribution is -2.38. The molecule has 8 heteroatoms. The fourth-order valence-corrected chi connectivity index (χ4v) is 4.31. The predicted molar refractivity (Wildman–Crippen MR) is 137 cm³/mol. The summed E-state index contributed by atoms with van der Waals surface area (Å²) in [5, 5.41) is 4.95. The number of nitrogens with two attached hydrogens (primary N) is 1. The molecule has 1 amide bonds. The largest absolute Gasteiger partial charge is 0.348 e. The van der Waals surface area contributed by atoms with Crippen LogP contribution in [0.25, 0.3) is 11.3 Å². The maximum Gasteiger partial charge on any atom is 0.252 e. The molecule has 2 aromatic carbocycles. The molecule has 0 saturated heterocycles. The molecule has 184 valence electrons. The van der Waals surface area contributed by atoms with Gasteiger partial charge in [0.15, 0.2) is 0 Å². The number of hydrazine groups is 1. The van der Waals surface area contributed by atoms with Crippen LogP contribution in [0.1, 0.15) is 40.9 Å². The lowest BCUT2D eigenvalue weighted by Gasteiger charge is -2.23. The van der Waals surface area contributed by atoms with Gasteiger partial charge in [0, 0.05) is 55.5 Å². The van der Waals surface area contributed by atoms with E-state index in [1.807, 2.05) is 30.3 Å². The Bertz CT molecular complexity index is 1200. The molecule has 1 aliphatic rings. The maximum atomic E-state index is 13.6. The Morgan fingerprint density at radius 3 is 2.71 bits per heavy atom. The number of benzene rings is 2. The summed E-state index contributed by atoms with van der Waals surface area (Å²) in [5.41, 5.74) is 14.0. The van der Waals surface area contributed by atoms with Gasteiger partial charge >= 0.3 is 0 Å². The van der Waals surface area contributed by atoms with E-state index in [0.717, 1.165) is 41.3 Å². The first kappa shape index (κ1) is 24.8. The van der Waals surface area contributed by atoms with Crippen molar-refractivity contribution in [1.82, 2.24) is 20.6 Å². The molecule has 4 rings (SSSR count). The SMILES string of the molecule is CC(C)N1NCc2c(C(=O)NCc3cccc(F)c3)cc(-c3cccc(CN(C)CCN)c3)nc21. The van der Waals surface area contributed by atoms with Crippen molar-refractivity contribution in [3.8, 4) is 11.3 Å². The molecule has 3 aromatic rings. The summed E-state index contributed by atoms with van der Waals surface area (Å²) >= 11 is 0. The zero-order valence-electron chi connectivity index (χ0n) is 20.5. The van der Waals surface area contributed by atoms with E-state index < -0.39 is 0 Å². The first-order valence-electron chi connectivity index (χ1n) is 11.9. The van der Waals surface area contributed by atoms with Gasteiger partial charge in [-0.15, -0.1) is 0 Å². The zero-order valence-corrected chi connectivity index (χ0v) is 20.5. The second-order valence-electron chi connectivity index (χ2n) is 9.20. The Kier molecular flexibility index (Phi) is 7.75. The van der Waals surface area contributed by atoms with Crippen LogP contribution in [0.3, 0.4) is 0 Å². The van der Waals surface area contributed by atoms with Crippen LogP contribution in [-0.2, 0) is 19.6 Å². The zero-order chi connectivity index (χ0) is 24.9. The Hall–Kier alpha value is -3.33. The molecular formula is C27H33FN6O. The number of pyridine rings is 1. The topological polar surface area (TPSA) is 86.5 Å². The third-order valence-electron chi connectivity index (χ3n) is 6.05. The molecular weight excluding hydrogens is 443 g/mol. The summed E-state index contributed by atoms with van der Waals surface area (Å²) < 4.78 is 13.6. The van der Waals surface area contributed by atoms with Crippen molar-refractivity contribution in [2.45, 2.75) is 39.5 Å². The molecule has 0 bridgehead atoms. The van der Waals surface area contributed by atoms with Gasteiger partial charge in [-0.05, 0) is 56.3 Å². The number of halogens is 1. The van der Waals surface area contributed by atoms with Crippen molar-refractivity contribution in [1.29, 1.82) is 0 Å². The number of amides is 1. The van der Waals surface area contributed by atoms with Crippen LogP contribution in [0.4, 0.5) is 10.2 Å². The Balaban J connectivity index is 1.67.